The average Bonchev–Trinajstić information content (AvgIpc) is 3.13. The number of hydrogen-bond acceptors (Lipinski definition) is 6. The molecule has 146 valence electrons. The van der Waals surface area contributed by atoms with E-state index in [4.69, 9.17) is 4.42 Å². The fourth-order valence-corrected chi connectivity index (χ4v) is 3.52. The lowest BCUT2D eigenvalue weighted by Gasteiger charge is -2.03. The molecule has 0 aliphatic rings. The zero-order chi connectivity index (χ0) is 20.1. The van der Waals surface area contributed by atoms with Crippen LogP contribution in [0, 0.1) is 11.6 Å². The number of carbonyl (C=O) groups is 1. The van der Waals surface area contributed by atoms with Crippen molar-refractivity contribution in [1.82, 2.24) is 15.5 Å². The summed E-state index contributed by atoms with van der Waals surface area (Å²) in [5, 5.41) is 9.04. The molecule has 0 aliphatic heterocycles. The van der Waals surface area contributed by atoms with Crippen molar-refractivity contribution in [2.24, 2.45) is 0 Å². The van der Waals surface area contributed by atoms with Crippen LogP contribution >= 0.6 is 0 Å². The summed E-state index contributed by atoms with van der Waals surface area (Å²) in [6.07, 6.45) is 0.0727. The van der Waals surface area contributed by atoms with Gasteiger partial charge in [0.05, 0.1) is 5.75 Å². The molecule has 0 unspecified atom stereocenters. The first-order valence-corrected chi connectivity index (χ1v) is 9.83. The number of sulfone groups is 1. The van der Waals surface area contributed by atoms with Crippen LogP contribution in [-0.4, -0.2) is 31.1 Å². The van der Waals surface area contributed by atoms with Crippen LogP contribution in [0.3, 0.4) is 0 Å². The molecule has 0 radical (unpaired) electrons. The van der Waals surface area contributed by atoms with Gasteiger partial charge in [0.2, 0.25) is 15.7 Å². The smallest absolute Gasteiger partial charge is 0.335 e. The van der Waals surface area contributed by atoms with E-state index >= 15 is 0 Å². The van der Waals surface area contributed by atoms with Crippen molar-refractivity contribution < 1.29 is 26.4 Å². The predicted molar refractivity (Wildman–Crippen MR) is 94.0 cm³/mol. The van der Waals surface area contributed by atoms with Crippen molar-refractivity contribution in [2.45, 2.75) is 17.4 Å². The number of amides is 1. The topological polar surface area (TPSA) is 102 Å². The summed E-state index contributed by atoms with van der Waals surface area (Å²) in [6.45, 7) is 0.0738. The van der Waals surface area contributed by atoms with Crippen molar-refractivity contribution in [3.05, 3.63) is 77.2 Å². The van der Waals surface area contributed by atoms with Gasteiger partial charge in [-0.3, -0.25) is 4.79 Å². The molecule has 0 saturated carbocycles. The Labute approximate surface area is 159 Å². The van der Waals surface area contributed by atoms with E-state index in [9.17, 15) is 22.0 Å². The normalized spacial score (nSPS) is 11.4. The van der Waals surface area contributed by atoms with Gasteiger partial charge >= 0.3 is 5.22 Å². The average molecular weight is 407 g/mol. The Morgan fingerprint density at radius 1 is 1.07 bits per heavy atom. The molecule has 3 rings (SSSR count). The molecular weight excluding hydrogens is 392 g/mol. The number of nitrogens with one attached hydrogen (secondary N) is 1. The molecule has 2 aromatic carbocycles. The Kier molecular flexibility index (Phi) is 5.78. The van der Waals surface area contributed by atoms with Gasteiger partial charge in [0, 0.05) is 24.1 Å². The fraction of sp³-hybridized carbons (Fsp3) is 0.167. The summed E-state index contributed by atoms with van der Waals surface area (Å²) in [6, 6.07) is 10.7. The molecule has 7 nitrogen and oxygen atoms in total. The van der Waals surface area contributed by atoms with E-state index in [2.05, 4.69) is 15.5 Å². The predicted octanol–water partition coefficient (Wildman–Crippen LogP) is 2.29. The number of rotatable bonds is 7. The largest absolute Gasteiger partial charge is 0.412 e. The van der Waals surface area contributed by atoms with Crippen molar-refractivity contribution in [3.8, 4) is 0 Å². The third-order valence-corrected chi connectivity index (χ3v) is 5.12. The number of benzene rings is 2. The SMILES string of the molecule is O=C(NCCc1nnc(S(=O)(=O)Cc2ccccc2F)o1)c1cccc(F)c1. The van der Waals surface area contributed by atoms with E-state index in [-0.39, 0.29) is 30.0 Å². The van der Waals surface area contributed by atoms with Gasteiger partial charge < -0.3 is 9.73 Å². The van der Waals surface area contributed by atoms with Gasteiger partial charge in [-0.1, -0.05) is 29.4 Å². The fourth-order valence-electron chi connectivity index (χ4n) is 2.36. The van der Waals surface area contributed by atoms with Crippen LogP contribution in [0.1, 0.15) is 21.8 Å². The van der Waals surface area contributed by atoms with E-state index in [1.54, 1.807) is 0 Å². The molecule has 10 heteroatoms. The molecular formula is C18H15F2N3O4S. The van der Waals surface area contributed by atoms with E-state index in [0.717, 1.165) is 12.1 Å². The third-order valence-electron chi connectivity index (χ3n) is 3.73. The molecule has 1 heterocycles. The van der Waals surface area contributed by atoms with Gasteiger partial charge in [-0.25, -0.2) is 17.2 Å². The molecule has 3 aromatic rings. The summed E-state index contributed by atoms with van der Waals surface area (Å²) in [7, 11) is -4.01. The highest BCUT2D eigenvalue weighted by molar-refractivity contribution is 7.90. The van der Waals surface area contributed by atoms with Crippen LogP contribution in [0.25, 0.3) is 0 Å². The summed E-state index contributed by atoms with van der Waals surface area (Å²) < 4.78 is 56.5. The number of carbonyl (C=O) groups excluding carboxylic acids is 1. The second-order valence-electron chi connectivity index (χ2n) is 5.83. The zero-order valence-corrected chi connectivity index (χ0v) is 15.2. The van der Waals surface area contributed by atoms with Crippen LogP contribution in [0.5, 0.6) is 0 Å². The van der Waals surface area contributed by atoms with E-state index in [0.29, 0.717) is 0 Å². The van der Waals surface area contributed by atoms with Gasteiger partial charge in [-0.15, -0.1) is 5.10 Å². The van der Waals surface area contributed by atoms with Crippen LogP contribution in [0.15, 0.2) is 58.2 Å². The molecule has 28 heavy (non-hydrogen) atoms. The summed E-state index contributed by atoms with van der Waals surface area (Å²) >= 11 is 0. The molecule has 0 aliphatic carbocycles. The standard InChI is InChI=1S/C18H15F2N3O4S/c19-14-6-3-5-12(10-14)17(24)21-9-8-16-22-23-18(27-16)28(25,26)11-13-4-1-2-7-15(13)20/h1-7,10H,8-9,11H2,(H,21,24). The lowest BCUT2D eigenvalue weighted by atomic mass is 10.2. The number of halogens is 2. The van der Waals surface area contributed by atoms with E-state index in [1.807, 2.05) is 0 Å². The number of nitrogens with zero attached hydrogens (tertiary/aromatic N) is 2. The van der Waals surface area contributed by atoms with Gasteiger partial charge in [-0.2, -0.15) is 0 Å². The van der Waals surface area contributed by atoms with E-state index in [1.165, 1.54) is 36.4 Å². The van der Waals surface area contributed by atoms with E-state index < -0.39 is 38.4 Å². The van der Waals surface area contributed by atoms with Gasteiger partial charge in [0.15, 0.2) is 0 Å². The van der Waals surface area contributed by atoms with Crippen molar-refractivity contribution in [2.75, 3.05) is 6.54 Å². The molecule has 1 aromatic heterocycles. The number of aromatic nitrogens is 2. The minimum Gasteiger partial charge on any atom is -0.412 e. The quantitative estimate of drug-likeness (QED) is 0.645. The monoisotopic (exact) mass is 407 g/mol. The maximum absolute atomic E-state index is 13.7. The van der Waals surface area contributed by atoms with Gasteiger partial charge in [0.25, 0.3) is 5.91 Å². The second-order valence-corrected chi connectivity index (χ2v) is 7.70. The van der Waals surface area contributed by atoms with Crippen molar-refractivity contribution in [3.63, 3.8) is 0 Å². The highest BCUT2D eigenvalue weighted by Crippen LogP contribution is 2.17. The Bertz CT molecular complexity index is 1100. The molecule has 1 N–H and O–H groups in total. The maximum atomic E-state index is 13.7. The highest BCUT2D eigenvalue weighted by Gasteiger charge is 2.24. The second kappa shape index (κ2) is 8.26. The molecule has 0 fully saturated rings. The Morgan fingerprint density at radius 2 is 1.86 bits per heavy atom. The first-order valence-electron chi connectivity index (χ1n) is 8.17. The molecule has 1 amide bonds. The van der Waals surface area contributed by atoms with Crippen LogP contribution in [0.2, 0.25) is 0 Å². The Morgan fingerprint density at radius 3 is 2.61 bits per heavy atom. The van der Waals surface area contributed by atoms with Crippen molar-refractivity contribution in [1.29, 1.82) is 0 Å². The maximum Gasteiger partial charge on any atom is 0.335 e. The molecule has 0 atom stereocenters. The Balaban J connectivity index is 1.59. The minimum absolute atomic E-state index is 0.00773. The lowest BCUT2D eigenvalue weighted by Crippen LogP contribution is -2.25. The highest BCUT2D eigenvalue weighted by atomic mass is 32.2. The Hall–Kier alpha value is -3.14. The van der Waals surface area contributed by atoms with Gasteiger partial charge in [-0.05, 0) is 24.3 Å². The van der Waals surface area contributed by atoms with Gasteiger partial charge in [0.1, 0.15) is 11.6 Å². The minimum atomic E-state index is -4.01. The lowest BCUT2D eigenvalue weighted by molar-refractivity contribution is 0.0953. The summed E-state index contributed by atoms with van der Waals surface area (Å²) in [4.78, 5) is 11.9. The van der Waals surface area contributed by atoms with Crippen LogP contribution in [-0.2, 0) is 22.0 Å². The van der Waals surface area contributed by atoms with Crippen LogP contribution in [0.4, 0.5) is 8.78 Å². The third kappa shape index (κ3) is 4.77. The van der Waals surface area contributed by atoms with Crippen LogP contribution < -0.4 is 5.32 Å². The molecule has 0 bridgehead atoms. The van der Waals surface area contributed by atoms with Crippen molar-refractivity contribution >= 4 is 15.7 Å². The summed E-state index contributed by atoms with van der Waals surface area (Å²) in [5.41, 5.74) is 0.142. The first kappa shape index (κ1) is 19.6. The molecule has 0 spiro atoms. The molecule has 0 saturated heterocycles. The number of hydrogen-bond donors (Lipinski definition) is 1. The first-order chi connectivity index (χ1) is 13.3. The summed E-state index contributed by atoms with van der Waals surface area (Å²) in [5.74, 6) is -2.30. The zero-order valence-electron chi connectivity index (χ0n) is 14.4.